The standard InChI is InChI=1S/C17H17NO2/c1-3-13-8-6-7-12(2)17(13)18-14-9-4-5-10-15(14)20-11-16(18)19/h4-10H,3,11H2,1-2H3. The van der Waals surface area contributed by atoms with E-state index in [1.807, 2.05) is 43.3 Å². The molecule has 3 nitrogen and oxygen atoms in total. The number of carbonyl (C=O) groups excluding carboxylic acids is 1. The number of fused-ring (bicyclic) bond motifs is 1. The largest absolute Gasteiger partial charge is 0.482 e. The van der Waals surface area contributed by atoms with Gasteiger partial charge in [-0.15, -0.1) is 0 Å². The molecule has 2 aromatic rings. The van der Waals surface area contributed by atoms with Crippen LogP contribution in [0.25, 0.3) is 0 Å². The van der Waals surface area contributed by atoms with E-state index in [2.05, 4.69) is 13.0 Å². The summed E-state index contributed by atoms with van der Waals surface area (Å²) < 4.78 is 5.51. The van der Waals surface area contributed by atoms with Crippen LogP contribution in [0.2, 0.25) is 0 Å². The topological polar surface area (TPSA) is 29.5 Å². The zero-order chi connectivity index (χ0) is 14.1. The summed E-state index contributed by atoms with van der Waals surface area (Å²) >= 11 is 0. The first-order valence-corrected chi connectivity index (χ1v) is 6.85. The third-order valence-corrected chi connectivity index (χ3v) is 3.63. The number of para-hydroxylation sites is 3. The van der Waals surface area contributed by atoms with Crippen molar-refractivity contribution in [2.75, 3.05) is 11.5 Å². The van der Waals surface area contributed by atoms with Gasteiger partial charge in [-0.3, -0.25) is 9.69 Å². The van der Waals surface area contributed by atoms with Gasteiger partial charge in [0.15, 0.2) is 6.61 Å². The van der Waals surface area contributed by atoms with Crippen molar-refractivity contribution in [3.05, 3.63) is 53.6 Å². The van der Waals surface area contributed by atoms with Crippen LogP contribution in [0.1, 0.15) is 18.1 Å². The Morgan fingerprint density at radius 2 is 1.95 bits per heavy atom. The Kier molecular flexibility index (Phi) is 3.18. The molecule has 1 aliphatic heterocycles. The van der Waals surface area contributed by atoms with Crippen molar-refractivity contribution < 1.29 is 9.53 Å². The van der Waals surface area contributed by atoms with E-state index in [0.717, 1.165) is 29.1 Å². The Balaban J connectivity index is 2.22. The summed E-state index contributed by atoms with van der Waals surface area (Å²) in [6.45, 7) is 4.24. The molecule has 1 aliphatic rings. The smallest absolute Gasteiger partial charge is 0.269 e. The van der Waals surface area contributed by atoms with E-state index in [1.165, 1.54) is 5.56 Å². The first-order chi connectivity index (χ1) is 9.72. The molecule has 1 amide bonds. The fraction of sp³-hybridized carbons (Fsp3) is 0.235. The molecule has 0 radical (unpaired) electrons. The second-order valence-corrected chi connectivity index (χ2v) is 4.92. The Labute approximate surface area is 118 Å². The number of rotatable bonds is 2. The van der Waals surface area contributed by atoms with Gasteiger partial charge in [-0.2, -0.15) is 0 Å². The van der Waals surface area contributed by atoms with Crippen molar-refractivity contribution in [2.24, 2.45) is 0 Å². The number of amides is 1. The highest BCUT2D eigenvalue weighted by molar-refractivity contribution is 6.05. The molecule has 20 heavy (non-hydrogen) atoms. The van der Waals surface area contributed by atoms with Crippen LogP contribution >= 0.6 is 0 Å². The molecule has 0 N–H and O–H groups in total. The normalized spacial score (nSPS) is 13.9. The van der Waals surface area contributed by atoms with Crippen LogP contribution in [0, 0.1) is 6.92 Å². The molecular formula is C17H17NO2. The van der Waals surface area contributed by atoms with Crippen LogP contribution in [0.5, 0.6) is 5.75 Å². The molecule has 0 saturated heterocycles. The maximum absolute atomic E-state index is 12.4. The molecular weight excluding hydrogens is 250 g/mol. The second-order valence-electron chi connectivity index (χ2n) is 4.92. The molecule has 0 atom stereocenters. The Bertz CT molecular complexity index is 664. The van der Waals surface area contributed by atoms with Crippen LogP contribution in [0.3, 0.4) is 0 Å². The van der Waals surface area contributed by atoms with Gasteiger partial charge < -0.3 is 4.74 Å². The third-order valence-electron chi connectivity index (χ3n) is 3.63. The summed E-state index contributed by atoms with van der Waals surface area (Å²) in [4.78, 5) is 14.2. The Hall–Kier alpha value is -2.29. The Morgan fingerprint density at radius 3 is 2.75 bits per heavy atom. The number of aryl methyl sites for hydroxylation is 2. The van der Waals surface area contributed by atoms with Gasteiger partial charge in [-0.05, 0) is 36.6 Å². The molecule has 0 unspecified atom stereocenters. The lowest BCUT2D eigenvalue weighted by molar-refractivity contribution is -0.120. The van der Waals surface area contributed by atoms with E-state index in [4.69, 9.17) is 4.74 Å². The summed E-state index contributed by atoms with van der Waals surface area (Å²) in [6.07, 6.45) is 0.893. The van der Waals surface area contributed by atoms with Crippen molar-refractivity contribution >= 4 is 17.3 Å². The molecule has 3 heteroatoms. The van der Waals surface area contributed by atoms with Gasteiger partial charge in [0.2, 0.25) is 0 Å². The SMILES string of the molecule is CCc1cccc(C)c1N1C(=O)COc2ccccc21. The van der Waals surface area contributed by atoms with Crippen molar-refractivity contribution in [1.82, 2.24) is 0 Å². The molecule has 0 aromatic heterocycles. The highest BCUT2D eigenvalue weighted by atomic mass is 16.5. The molecule has 0 fully saturated rings. The van der Waals surface area contributed by atoms with E-state index in [-0.39, 0.29) is 12.5 Å². The zero-order valence-corrected chi connectivity index (χ0v) is 11.7. The average Bonchev–Trinajstić information content (AvgIpc) is 2.48. The molecule has 0 aliphatic carbocycles. The molecule has 0 bridgehead atoms. The summed E-state index contributed by atoms with van der Waals surface area (Å²) in [6, 6.07) is 13.8. The summed E-state index contributed by atoms with van der Waals surface area (Å²) in [5.41, 5.74) is 4.10. The minimum absolute atomic E-state index is 0.0206. The number of ether oxygens (including phenoxy) is 1. The summed E-state index contributed by atoms with van der Waals surface area (Å²) in [7, 11) is 0. The second kappa shape index (κ2) is 5.00. The summed E-state index contributed by atoms with van der Waals surface area (Å²) in [5.74, 6) is 0.741. The fourth-order valence-corrected chi connectivity index (χ4v) is 2.67. The number of benzene rings is 2. The van der Waals surface area contributed by atoms with Crippen LogP contribution in [0.4, 0.5) is 11.4 Å². The molecule has 2 aromatic carbocycles. The molecule has 1 heterocycles. The fourth-order valence-electron chi connectivity index (χ4n) is 2.67. The minimum Gasteiger partial charge on any atom is -0.482 e. The predicted molar refractivity (Wildman–Crippen MR) is 79.6 cm³/mol. The van der Waals surface area contributed by atoms with Gasteiger partial charge in [0, 0.05) is 0 Å². The van der Waals surface area contributed by atoms with E-state index < -0.39 is 0 Å². The van der Waals surface area contributed by atoms with Gasteiger partial charge in [-0.1, -0.05) is 37.3 Å². The quantitative estimate of drug-likeness (QED) is 0.831. The van der Waals surface area contributed by atoms with Crippen molar-refractivity contribution in [3.8, 4) is 5.75 Å². The monoisotopic (exact) mass is 267 g/mol. The predicted octanol–water partition coefficient (Wildman–Crippen LogP) is 3.61. The number of nitrogens with zero attached hydrogens (tertiary/aromatic N) is 1. The Morgan fingerprint density at radius 1 is 1.15 bits per heavy atom. The van der Waals surface area contributed by atoms with Crippen LogP contribution in [-0.2, 0) is 11.2 Å². The number of hydrogen-bond acceptors (Lipinski definition) is 2. The third kappa shape index (κ3) is 1.95. The van der Waals surface area contributed by atoms with E-state index >= 15 is 0 Å². The maximum Gasteiger partial charge on any atom is 0.269 e. The lowest BCUT2D eigenvalue weighted by Crippen LogP contribution is -2.36. The van der Waals surface area contributed by atoms with Crippen LogP contribution < -0.4 is 9.64 Å². The number of carbonyl (C=O) groups is 1. The van der Waals surface area contributed by atoms with E-state index in [1.54, 1.807) is 4.90 Å². The zero-order valence-electron chi connectivity index (χ0n) is 11.7. The lowest BCUT2D eigenvalue weighted by Gasteiger charge is -2.31. The van der Waals surface area contributed by atoms with Gasteiger partial charge in [0.05, 0.1) is 11.4 Å². The van der Waals surface area contributed by atoms with E-state index in [9.17, 15) is 4.79 Å². The van der Waals surface area contributed by atoms with Crippen molar-refractivity contribution in [2.45, 2.75) is 20.3 Å². The van der Waals surface area contributed by atoms with Gasteiger partial charge in [-0.25, -0.2) is 0 Å². The highest BCUT2D eigenvalue weighted by Crippen LogP contribution is 2.39. The first kappa shape index (κ1) is 12.7. The van der Waals surface area contributed by atoms with Crippen LogP contribution in [0.15, 0.2) is 42.5 Å². The molecule has 102 valence electrons. The molecule has 3 rings (SSSR count). The number of hydrogen-bond donors (Lipinski definition) is 0. The van der Waals surface area contributed by atoms with Crippen molar-refractivity contribution in [1.29, 1.82) is 0 Å². The molecule has 0 spiro atoms. The number of anilines is 2. The van der Waals surface area contributed by atoms with Gasteiger partial charge in [0.1, 0.15) is 5.75 Å². The molecule has 0 saturated carbocycles. The van der Waals surface area contributed by atoms with Gasteiger partial charge >= 0.3 is 0 Å². The maximum atomic E-state index is 12.4. The lowest BCUT2D eigenvalue weighted by atomic mass is 10.0. The average molecular weight is 267 g/mol. The van der Waals surface area contributed by atoms with Crippen LogP contribution in [-0.4, -0.2) is 12.5 Å². The first-order valence-electron chi connectivity index (χ1n) is 6.85. The van der Waals surface area contributed by atoms with Gasteiger partial charge in [0.25, 0.3) is 5.91 Å². The van der Waals surface area contributed by atoms with Crippen molar-refractivity contribution in [3.63, 3.8) is 0 Å². The highest BCUT2D eigenvalue weighted by Gasteiger charge is 2.28. The van der Waals surface area contributed by atoms with E-state index in [0.29, 0.717) is 0 Å². The minimum atomic E-state index is -0.0206. The summed E-state index contributed by atoms with van der Waals surface area (Å²) in [5, 5.41) is 0.